The number of methoxy groups -OCH3 is 1. The van der Waals surface area contributed by atoms with Crippen molar-refractivity contribution in [3.63, 3.8) is 0 Å². The predicted octanol–water partition coefficient (Wildman–Crippen LogP) is 3.47. The molecular weight excluding hydrogens is 334 g/mol. The molecule has 5 heteroatoms. The lowest BCUT2D eigenvalue weighted by molar-refractivity contribution is -0.142. The van der Waals surface area contributed by atoms with Crippen molar-refractivity contribution in [3.8, 4) is 0 Å². The summed E-state index contributed by atoms with van der Waals surface area (Å²) in [5.74, 6) is 0.185. The molecule has 1 amide bonds. The fourth-order valence-electron chi connectivity index (χ4n) is 3.46. The van der Waals surface area contributed by atoms with Gasteiger partial charge in [0.15, 0.2) is 0 Å². The van der Waals surface area contributed by atoms with Gasteiger partial charge < -0.3 is 14.4 Å². The summed E-state index contributed by atoms with van der Waals surface area (Å²) in [5.41, 5.74) is 1.77. The molecule has 0 unspecified atom stereocenters. The molecule has 1 aromatic heterocycles. The van der Waals surface area contributed by atoms with Crippen LogP contribution in [-0.2, 0) is 26.2 Å². The molecule has 3 rings (SSSR count). The lowest BCUT2D eigenvalue weighted by atomic mass is 9.73. The lowest BCUT2D eigenvalue weighted by Gasteiger charge is -2.40. The van der Waals surface area contributed by atoms with Crippen molar-refractivity contribution in [2.45, 2.75) is 24.8 Å². The Balaban J connectivity index is 1.90. The molecule has 0 N–H and O–H groups in total. The zero-order chi connectivity index (χ0) is 17.5. The van der Waals surface area contributed by atoms with Crippen molar-refractivity contribution in [1.82, 2.24) is 4.90 Å². The molecule has 1 fully saturated rings. The van der Waals surface area contributed by atoms with Crippen LogP contribution in [0, 0.1) is 0 Å². The fourth-order valence-corrected chi connectivity index (χ4v) is 4.12. The van der Waals surface area contributed by atoms with Gasteiger partial charge in [0.1, 0.15) is 0 Å². The number of carbonyl (C=O) groups is 1. The van der Waals surface area contributed by atoms with E-state index < -0.39 is 5.41 Å². The Morgan fingerprint density at radius 1 is 1.24 bits per heavy atom. The summed E-state index contributed by atoms with van der Waals surface area (Å²) in [4.78, 5) is 15.6. The molecule has 2 aromatic rings. The average Bonchev–Trinajstić information content (AvgIpc) is 3.19. The minimum absolute atomic E-state index is 0.185. The molecule has 1 aliphatic heterocycles. The molecule has 0 bridgehead atoms. The maximum Gasteiger partial charge on any atom is 0.233 e. The Labute approximate surface area is 153 Å². The first-order valence-electron chi connectivity index (χ1n) is 8.69. The van der Waals surface area contributed by atoms with Crippen LogP contribution in [0.4, 0.5) is 0 Å². The monoisotopic (exact) mass is 359 g/mol. The van der Waals surface area contributed by atoms with Gasteiger partial charge in [0.05, 0.1) is 12.0 Å². The topological polar surface area (TPSA) is 38.8 Å². The van der Waals surface area contributed by atoms with Gasteiger partial charge in [-0.15, -0.1) is 0 Å². The summed E-state index contributed by atoms with van der Waals surface area (Å²) in [5, 5.41) is 4.15. The number of hydrogen-bond donors (Lipinski definition) is 0. The quantitative estimate of drug-likeness (QED) is 0.760. The highest BCUT2D eigenvalue weighted by Gasteiger charge is 2.43. The van der Waals surface area contributed by atoms with E-state index in [0.717, 1.165) is 18.4 Å². The molecule has 0 spiro atoms. The maximum atomic E-state index is 13.7. The van der Waals surface area contributed by atoms with E-state index in [9.17, 15) is 4.79 Å². The van der Waals surface area contributed by atoms with Crippen molar-refractivity contribution < 1.29 is 14.3 Å². The van der Waals surface area contributed by atoms with Gasteiger partial charge in [-0.1, -0.05) is 30.3 Å². The largest absolute Gasteiger partial charge is 0.383 e. The molecule has 1 aromatic carbocycles. The van der Waals surface area contributed by atoms with Crippen LogP contribution in [0.3, 0.4) is 0 Å². The normalized spacial score (nSPS) is 16.5. The highest BCUT2D eigenvalue weighted by Crippen LogP contribution is 2.37. The van der Waals surface area contributed by atoms with Gasteiger partial charge >= 0.3 is 0 Å². The summed E-state index contributed by atoms with van der Waals surface area (Å²) < 4.78 is 10.8. The van der Waals surface area contributed by atoms with E-state index in [-0.39, 0.29) is 5.91 Å². The molecule has 0 radical (unpaired) electrons. The Kier molecular flexibility index (Phi) is 6.24. The highest BCUT2D eigenvalue weighted by molar-refractivity contribution is 7.07. The first kappa shape index (κ1) is 18.1. The van der Waals surface area contributed by atoms with Crippen molar-refractivity contribution >= 4 is 17.2 Å². The van der Waals surface area contributed by atoms with E-state index in [1.165, 1.54) is 5.56 Å². The van der Waals surface area contributed by atoms with E-state index in [0.29, 0.717) is 32.9 Å². The Morgan fingerprint density at radius 2 is 2.00 bits per heavy atom. The molecule has 0 aliphatic carbocycles. The average molecular weight is 359 g/mol. The molecule has 0 atom stereocenters. The van der Waals surface area contributed by atoms with Gasteiger partial charge in [-0.05, 0) is 40.8 Å². The smallest absolute Gasteiger partial charge is 0.233 e. The van der Waals surface area contributed by atoms with Crippen LogP contribution in [0.5, 0.6) is 0 Å². The number of thiophene rings is 1. The molecule has 2 heterocycles. The Morgan fingerprint density at radius 3 is 2.64 bits per heavy atom. The van der Waals surface area contributed by atoms with Gasteiger partial charge in [-0.3, -0.25) is 4.79 Å². The van der Waals surface area contributed by atoms with E-state index in [4.69, 9.17) is 9.47 Å². The SMILES string of the molecule is COCCN(Cc1ccsc1)C(=O)C1(c2ccccc2)CCOCC1. The number of ether oxygens (including phenoxy) is 2. The second-order valence-corrected chi connectivity index (χ2v) is 7.19. The van der Waals surface area contributed by atoms with Gasteiger partial charge in [-0.2, -0.15) is 11.3 Å². The number of carbonyl (C=O) groups excluding carboxylic acids is 1. The molecule has 1 aliphatic rings. The molecule has 0 saturated carbocycles. The molecule has 4 nitrogen and oxygen atoms in total. The third kappa shape index (κ3) is 4.11. The van der Waals surface area contributed by atoms with Crippen molar-refractivity contribution in [3.05, 3.63) is 58.3 Å². The Hall–Kier alpha value is -1.69. The number of nitrogens with zero attached hydrogens (tertiary/aromatic N) is 1. The van der Waals surface area contributed by atoms with Gasteiger partial charge in [0.25, 0.3) is 0 Å². The van der Waals surface area contributed by atoms with Crippen LogP contribution in [0.2, 0.25) is 0 Å². The van der Waals surface area contributed by atoms with Gasteiger partial charge in [-0.25, -0.2) is 0 Å². The summed E-state index contributed by atoms with van der Waals surface area (Å²) in [6.07, 6.45) is 1.45. The van der Waals surface area contributed by atoms with E-state index in [1.54, 1.807) is 18.4 Å². The zero-order valence-corrected chi connectivity index (χ0v) is 15.5. The summed E-state index contributed by atoms with van der Waals surface area (Å²) in [7, 11) is 1.68. The molecule has 134 valence electrons. The van der Waals surface area contributed by atoms with Crippen LogP contribution >= 0.6 is 11.3 Å². The third-order valence-corrected chi connectivity index (χ3v) is 5.62. The number of hydrogen-bond acceptors (Lipinski definition) is 4. The molecule has 1 saturated heterocycles. The van der Waals surface area contributed by atoms with Gasteiger partial charge in [0, 0.05) is 33.4 Å². The van der Waals surface area contributed by atoms with Crippen LogP contribution in [-0.4, -0.2) is 44.3 Å². The first-order chi connectivity index (χ1) is 12.3. The van der Waals surface area contributed by atoms with E-state index in [2.05, 4.69) is 29.0 Å². The van der Waals surface area contributed by atoms with Gasteiger partial charge in [0.2, 0.25) is 5.91 Å². The lowest BCUT2D eigenvalue weighted by Crippen LogP contribution is -2.50. The second-order valence-electron chi connectivity index (χ2n) is 6.41. The number of amides is 1. The van der Waals surface area contributed by atoms with E-state index in [1.807, 2.05) is 23.1 Å². The third-order valence-electron chi connectivity index (χ3n) is 4.89. The van der Waals surface area contributed by atoms with E-state index >= 15 is 0 Å². The minimum atomic E-state index is -0.497. The van der Waals surface area contributed by atoms with Crippen molar-refractivity contribution in [1.29, 1.82) is 0 Å². The summed E-state index contributed by atoms with van der Waals surface area (Å²) in [6.45, 7) is 3.01. The number of rotatable bonds is 7. The van der Waals surface area contributed by atoms with Crippen LogP contribution in [0.1, 0.15) is 24.0 Å². The minimum Gasteiger partial charge on any atom is -0.383 e. The Bertz CT molecular complexity index is 651. The summed E-state index contributed by atoms with van der Waals surface area (Å²) >= 11 is 1.66. The fraction of sp³-hybridized carbons (Fsp3) is 0.450. The van der Waals surface area contributed by atoms with Crippen LogP contribution < -0.4 is 0 Å². The maximum absolute atomic E-state index is 13.7. The van der Waals surface area contributed by atoms with Crippen LogP contribution in [0.25, 0.3) is 0 Å². The number of benzene rings is 1. The second kappa shape index (κ2) is 8.61. The molecule has 25 heavy (non-hydrogen) atoms. The van der Waals surface area contributed by atoms with Crippen molar-refractivity contribution in [2.75, 3.05) is 33.5 Å². The predicted molar refractivity (Wildman–Crippen MR) is 99.8 cm³/mol. The zero-order valence-electron chi connectivity index (χ0n) is 14.6. The highest BCUT2D eigenvalue weighted by atomic mass is 32.1. The molecular formula is C20H25NO3S. The first-order valence-corrected chi connectivity index (χ1v) is 9.63. The summed E-state index contributed by atoms with van der Waals surface area (Å²) in [6, 6.07) is 12.2. The van der Waals surface area contributed by atoms with Crippen molar-refractivity contribution in [2.24, 2.45) is 0 Å². The van der Waals surface area contributed by atoms with Crippen LogP contribution in [0.15, 0.2) is 47.2 Å². The standard InChI is InChI=1S/C20H25NO3S/c1-23-13-10-21(15-17-7-14-25-16-17)19(22)20(8-11-24-12-9-20)18-5-3-2-4-6-18/h2-7,14,16H,8-13,15H2,1H3.